The van der Waals surface area contributed by atoms with Gasteiger partial charge in [0.2, 0.25) is 5.91 Å². The van der Waals surface area contributed by atoms with Crippen molar-refractivity contribution in [2.45, 2.75) is 39.7 Å². The van der Waals surface area contributed by atoms with E-state index in [1.165, 1.54) is 11.3 Å². The minimum absolute atomic E-state index is 0.0635. The van der Waals surface area contributed by atoms with Gasteiger partial charge in [0.25, 0.3) is 0 Å². The number of nitrogens with one attached hydrogen (secondary N) is 1. The molecule has 1 aromatic heterocycles. The van der Waals surface area contributed by atoms with E-state index in [9.17, 15) is 4.79 Å². The van der Waals surface area contributed by atoms with Gasteiger partial charge in [0, 0.05) is 43.1 Å². The highest BCUT2D eigenvalue weighted by atomic mass is 16.1. The number of rotatable bonds is 5. The van der Waals surface area contributed by atoms with E-state index in [-0.39, 0.29) is 11.9 Å². The number of aryl methyl sites for hydroxylation is 2. The fourth-order valence-corrected chi connectivity index (χ4v) is 3.49. The van der Waals surface area contributed by atoms with Crippen LogP contribution in [0.25, 0.3) is 0 Å². The van der Waals surface area contributed by atoms with Gasteiger partial charge in [0.05, 0.1) is 12.1 Å². The molecule has 2 heterocycles. The molecule has 1 aliphatic rings. The summed E-state index contributed by atoms with van der Waals surface area (Å²) < 4.78 is 1.84. The molecule has 0 saturated heterocycles. The Morgan fingerprint density at radius 3 is 2.79 bits per heavy atom. The summed E-state index contributed by atoms with van der Waals surface area (Å²) >= 11 is 0. The first-order valence-electron chi connectivity index (χ1n) is 8.57. The van der Waals surface area contributed by atoms with Gasteiger partial charge in [-0.15, -0.1) is 0 Å². The van der Waals surface area contributed by atoms with Crippen molar-refractivity contribution >= 4 is 11.6 Å². The van der Waals surface area contributed by atoms with E-state index >= 15 is 0 Å². The maximum Gasteiger partial charge on any atom is 0.224 e. The summed E-state index contributed by atoms with van der Waals surface area (Å²) in [6.07, 6.45) is 1.48. The van der Waals surface area contributed by atoms with Crippen LogP contribution in [0.2, 0.25) is 0 Å². The van der Waals surface area contributed by atoms with E-state index in [1.54, 1.807) is 0 Å². The molecule has 0 saturated carbocycles. The molecule has 5 heteroatoms. The minimum Gasteiger partial charge on any atom is -0.366 e. The lowest BCUT2D eigenvalue weighted by molar-refractivity contribution is -0.120. The summed E-state index contributed by atoms with van der Waals surface area (Å²) in [6.45, 7) is 7.82. The molecule has 2 aromatic rings. The smallest absolute Gasteiger partial charge is 0.224 e. The van der Waals surface area contributed by atoms with Crippen molar-refractivity contribution in [3.8, 4) is 0 Å². The van der Waals surface area contributed by atoms with Gasteiger partial charge >= 0.3 is 0 Å². The molecule has 0 aliphatic carbocycles. The normalized spacial score (nSPS) is 14.6. The SMILES string of the molecule is Cc1nn(C)c(C)c1CC(=O)NC[C@@H](C)N1CCc2ccccc21. The molecule has 1 aromatic carbocycles. The van der Waals surface area contributed by atoms with E-state index in [4.69, 9.17) is 0 Å². The van der Waals surface area contributed by atoms with E-state index in [1.807, 2.05) is 25.6 Å². The van der Waals surface area contributed by atoms with Crippen LogP contribution >= 0.6 is 0 Å². The molecule has 1 amide bonds. The van der Waals surface area contributed by atoms with Crippen LogP contribution < -0.4 is 10.2 Å². The second kappa shape index (κ2) is 6.67. The number of hydrogen-bond acceptors (Lipinski definition) is 3. The number of para-hydroxylation sites is 1. The summed E-state index contributed by atoms with van der Waals surface area (Å²) in [5.74, 6) is 0.0635. The summed E-state index contributed by atoms with van der Waals surface area (Å²) in [7, 11) is 1.91. The summed E-state index contributed by atoms with van der Waals surface area (Å²) in [4.78, 5) is 14.7. The molecule has 24 heavy (non-hydrogen) atoms. The Hall–Kier alpha value is -2.30. The Kier molecular flexibility index (Phi) is 4.60. The van der Waals surface area contributed by atoms with E-state index in [0.717, 1.165) is 29.9 Å². The van der Waals surface area contributed by atoms with Crippen LogP contribution in [-0.2, 0) is 24.7 Å². The highest BCUT2D eigenvalue weighted by Crippen LogP contribution is 2.28. The molecule has 0 spiro atoms. The van der Waals surface area contributed by atoms with E-state index < -0.39 is 0 Å². The number of fused-ring (bicyclic) bond motifs is 1. The van der Waals surface area contributed by atoms with Crippen LogP contribution in [0.4, 0.5) is 5.69 Å². The largest absolute Gasteiger partial charge is 0.366 e. The summed E-state index contributed by atoms with van der Waals surface area (Å²) in [5.41, 5.74) is 5.74. The van der Waals surface area contributed by atoms with Gasteiger partial charge in [-0.1, -0.05) is 18.2 Å². The van der Waals surface area contributed by atoms with Crippen LogP contribution in [0.3, 0.4) is 0 Å². The lowest BCUT2D eigenvalue weighted by Gasteiger charge is -2.27. The Morgan fingerprint density at radius 2 is 2.08 bits per heavy atom. The molecule has 0 radical (unpaired) electrons. The average molecular weight is 326 g/mol. The zero-order chi connectivity index (χ0) is 17.3. The minimum atomic E-state index is 0.0635. The average Bonchev–Trinajstić information content (AvgIpc) is 3.09. The third kappa shape index (κ3) is 3.16. The van der Waals surface area contributed by atoms with E-state index in [0.29, 0.717) is 13.0 Å². The molecule has 5 nitrogen and oxygen atoms in total. The van der Waals surface area contributed by atoms with Gasteiger partial charge in [-0.2, -0.15) is 5.10 Å². The van der Waals surface area contributed by atoms with E-state index in [2.05, 4.69) is 46.5 Å². The van der Waals surface area contributed by atoms with Gasteiger partial charge < -0.3 is 10.2 Å². The molecular weight excluding hydrogens is 300 g/mol. The Bertz CT molecular complexity index is 750. The van der Waals surface area contributed by atoms with Crippen molar-refractivity contribution in [2.24, 2.45) is 7.05 Å². The molecule has 3 rings (SSSR count). The third-order valence-corrected chi connectivity index (χ3v) is 5.05. The molecule has 1 N–H and O–H groups in total. The zero-order valence-electron chi connectivity index (χ0n) is 15.0. The van der Waals surface area contributed by atoms with Crippen molar-refractivity contribution < 1.29 is 4.79 Å². The number of carbonyl (C=O) groups is 1. The summed E-state index contributed by atoms with van der Waals surface area (Å²) in [6, 6.07) is 8.81. The van der Waals surface area contributed by atoms with Crippen LogP contribution in [0.1, 0.15) is 29.4 Å². The Morgan fingerprint density at radius 1 is 1.33 bits per heavy atom. The Balaban J connectivity index is 1.57. The number of nitrogens with zero attached hydrogens (tertiary/aromatic N) is 3. The molecule has 1 atom stereocenters. The van der Waals surface area contributed by atoms with Crippen molar-refractivity contribution in [1.82, 2.24) is 15.1 Å². The Labute approximate surface area is 143 Å². The van der Waals surface area contributed by atoms with Gasteiger partial charge in [-0.3, -0.25) is 9.48 Å². The monoisotopic (exact) mass is 326 g/mol. The number of anilines is 1. The predicted molar refractivity (Wildman–Crippen MR) is 96.3 cm³/mol. The first-order valence-corrected chi connectivity index (χ1v) is 8.57. The lowest BCUT2D eigenvalue weighted by atomic mass is 10.1. The predicted octanol–water partition coefficient (Wildman–Crippen LogP) is 2.15. The van der Waals surface area contributed by atoms with Crippen molar-refractivity contribution in [2.75, 3.05) is 18.0 Å². The second-order valence-corrected chi connectivity index (χ2v) is 6.67. The third-order valence-electron chi connectivity index (χ3n) is 5.05. The van der Waals surface area contributed by atoms with Gasteiger partial charge in [-0.05, 0) is 38.8 Å². The van der Waals surface area contributed by atoms with Crippen LogP contribution in [0.15, 0.2) is 24.3 Å². The number of hydrogen-bond donors (Lipinski definition) is 1. The molecule has 0 unspecified atom stereocenters. The first-order chi connectivity index (χ1) is 11.5. The van der Waals surface area contributed by atoms with Crippen LogP contribution in [0, 0.1) is 13.8 Å². The molecule has 0 bridgehead atoms. The molecule has 128 valence electrons. The number of benzene rings is 1. The maximum atomic E-state index is 12.3. The van der Waals surface area contributed by atoms with Crippen LogP contribution in [-0.4, -0.2) is 34.8 Å². The number of amides is 1. The fraction of sp³-hybridized carbons (Fsp3) is 0.474. The maximum absolute atomic E-state index is 12.3. The lowest BCUT2D eigenvalue weighted by Crippen LogP contribution is -2.42. The van der Waals surface area contributed by atoms with Gasteiger partial charge in [-0.25, -0.2) is 0 Å². The zero-order valence-corrected chi connectivity index (χ0v) is 15.0. The van der Waals surface area contributed by atoms with Gasteiger partial charge in [0.15, 0.2) is 0 Å². The number of carbonyl (C=O) groups excluding carboxylic acids is 1. The van der Waals surface area contributed by atoms with Crippen molar-refractivity contribution in [1.29, 1.82) is 0 Å². The quantitative estimate of drug-likeness (QED) is 0.916. The van der Waals surface area contributed by atoms with Crippen LogP contribution in [0.5, 0.6) is 0 Å². The van der Waals surface area contributed by atoms with Gasteiger partial charge in [0.1, 0.15) is 0 Å². The van der Waals surface area contributed by atoms with Crippen molar-refractivity contribution in [3.05, 3.63) is 46.8 Å². The molecular formula is C19H26N4O. The topological polar surface area (TPSA) is 50.2 Å². The fourth-order valence-electron chi connectivity index (χ4n) is 3.49. The summed E-state index contributed by atoms with van der Waals surface area (Å²) in [5, 5.41) is 7.46. The standard InChI is InChI=1S/C19H26N4O/c1-13(23-10-9-16-7-5-6-8-18(16)23)12-20-19(24)11-17-14(2)21-22(4)15(17)3/h5-8,13H,9-12H2,1-4H3,(H,20,24)/t13-/m1/s1. The number of aromatic nitrogens is 2. The highest BCUT2D eigenvalue weighted by Gasteiger charge is 2.23. The highest BCUT2D eigenvalue weighted by molar-refractivity contribution is 5.79. The first kappa shape index (κ1) is 16.6. The molecule has 1 aliphatic heterocycles. The van der Waals surface area contributed by atoms with Crippen molar-refractivity contribution in [3.63, 3.8) is 0 Å². The second-order valence-electron chi connectivity index (χ2n) is 6.67. The molecule has 0 fully saturated rings.